The summed E-state index contributed by atoms with van der Waals surface area (Å²) in [4.78, 5) is 25.3. The van der Waals surface area contributed by atoms with Gasteiger partial charge in [0.2, 0.25) is 0 Å². The lowest BCUT2D eigenvalue weighted by atomic mass is 10.1. The topological polar surface area (TPSA) is 42.3 Å². The second kappa shape index (κ2) is 9.36. The third-order valence-corrected chi connectivity index (χ3v) is 5.23. The Bertz CT molecular complexity index is 958. The largest absolute Gasteiger partial charge is 0.347 e. The van der Waals surface area contributed by atoms with Gasteiger partial charge in [-0.05, 0) is 49.4 Å². The molecule has 0 spiro atoms. The van der Waals surface area contributed by atoms with E-state index >= 15 is 0 Å². The van der Waals surface area contributed by atoms with Crippen LogP contribution in [0.5, 0.6) is 0 Å². The molecule has 1 heterocycles. The summed E-state index contributed by atoms with van der Waals surface area (Å²) in [5, 5.41) is 1.30. The number of nitrogens with zero attached hydrogens (tertiary/aromatic N) is 2. The third kappa shape index (κ3) is 4.69. The maximum absolute atomic E-state index is 12.5. The Hall–Kier alpha value is -2.88. The zero-order valence-corrected chi connectivity index (χ0v) is 16.7. The SMILES string of the molecule is Cc1ccc2c(ccn2CCCCCCN(C)C(=O)c2ccccc2C=O)c1. The van der Waals surface area contributed by atoms with Crippen molar-refractivity contribution in [3.8, 4) is 0 Å². The van der Waals surface area contributed by atoms with Crippen molar-refractivity contribution in [3.05, 3.63) is 71.4 Å². The molecular formula is C24H28N2O2. The summed E-state index contributed by atoms with van der Waals surface area (Å²) in [6, 6.07) is 15.7. The number of benzene rings is 2. The van der Waals surface area contributed by atoms with Gasteiger partial charge < -0.3 is 9.47 Å². The second-order valence-electron chi connectivity index (χ2n) is 7.42. The molecule has 0 bridgehead atoms. The Balaban J connectivity index is 1.40. The molecule has 0 aliphatic rings. The number of rotatable bonds is 9. The number of carbonyl (C=O) groups excluding carboxylic acids is 2. The van der Waals surface area contributed by atoms with Gasteiger partial charge in [-0.2, -0.15) is 0 Å². The smallest absolute Gasteiger partial charge is 0.254 e. The van der Waals surface area contributed by atoms with Crippen molar-refractivity contribution < 1.29 is 9.59 Å². The first-order valence-electron chi connectivity index (χ1n) is 9.95. The van der Waals surface area contributed by atoms with Gasteiger partial charge in [0, 0.05) is 37.4 Å². The lowest BCUT2D eigenvalue weighted by Crippen LogP contribution is -2.28. The molecule has 0 fully saturated rings. The fourth-order valence-corrected chi connectivity index (χ4v) is 3.60. The molecule has 1 aromatic heterocycles. The van der Waals surface area contributed by atoms with Crippen molar-refractivity contribution in [3.63, 3.8) is 0 Å². The normalized spacial score (nSPS) is 10.9. The van der Waals surface area contributed by atoms with Gasteiger partial charge in [0.05, 0.1) is 5.56 Å². The minimum absolute atomic E-state index is 0.0863. The summed E-state index contributed by atoms with van der Waals surface area (Å²) >= 11 is 0. The van der Waals surface area contributed by atoms with E-state index in [1.807, 2.05) is 0 Å². The number of aromatic nitrogens is 1. The maximum atomic E-state index is 12.5. The number of aryl methyl sites for hydroxylation is 2. The fourth-order valence-electron chi connectivity index (χ4n) is 3.60. The van der Waals surface area contributed by atoms with Crippen LogP contribution in [0.3, 0.4) is 0 Å². The summed E-state index contributed by atoms with van der Waals surface area (Å²) in [6.45, 7) is 3.85. The van der Waals surface area contributed by atoms with Crippen LogP contribution >= 0.6 is 0 Å². The highest BCUT2D eigenvalue weighted by atomic mass is 16.2. The maximum Gasteiger partial charge on any atom is 0.254 e. The van der Waals surface area contributed by atoms with Crippen molar-refractivity contribution in [2.45, 2.75) is 39.2 Å². The molecule has 0 radical (unpaired) electrons. The molecule has 0 saturated heterocycles. The Morgan fingerprint density at radius 3 is 2.64 bits per heavy atom. The molecule has 0 N–H and O–H groups in total. The average Bonchev–Trinajstić information content (AvgIpc) is 3.11. The molecule has 0 atom stereocenters. The molecule has 2 aromatic carbocycles. The van der Waals surface area contributed by atoms with E-state index in [9.17, 15) is 9.59 Å². The van der Waals surface area contributed by atoms with E-state index < -0.39 is 0 Å². The Morgan fingerprint density at radius 1 is 1.04 bits per heavy atom. The van der Waals surface area contributed by atoms with Crippen molar-refractivity contribution >= 4 is 23.1 Å². The zero-order valence-electron chi connectivity index (χ0n) is 16.7. The molecular weight excluding hydrogens is 348 g/mol. The van der Waals surface area contributed by atoms with Crippen LogP contribution in [0.1, 0.15) is 52.0 Å². The van der Waals surface area contributed by atoms with E-state index in [0.717, 1.165) is 38.5 Å². The summed E-state index contributed by atoms with van der Waals surface area (Å²) in [5.41, 5.74) is 3.52. The van der Waals surface area contributed by atoms with Crippen molar-refractivity contribution in [1.29, 1.82) is 0 Å². The summed E-state index contributed by atoms with van der Waals surface area (Å²) in [6.07, 6.45) is 7.23. The van der Waals surface area contributed by atoms with Gasteiger partial charge in [0.1, 0.15) is 0 Å². The van der Waals surface area contributed by atoms with Crippen LogP contribution in [0.4, 0.5) is 0 Å². The highest BCUT2D eigenvalue weighted by Crippen LogP contribution is 2.18. The number of carbonyl (C=O) groups is 2. The molecule has 4 heteroatoms. The molecule has 28 heavy (non-hydrogen) atoms. The third-order valence-electron chi connectivity index (χ3n) is 5.23. The van der Waals surface area contributed by atoms with Gasteiger partial charge in [0.15, 0.2) is 6.29 Å². The van der Waals surface area contributed by atoms with Crippen LogP contribution in [0.25, 0.3) is 10.9 Å². The Labute approximate surface area is 166 Å². The fraction of sp³-hybridized carbons (Fsp3) is 0.333. The molecule has 3 rings (SSSR count). The van der Waals surface area contributed by atoms with Gasteiger partial charge in [-0.3, -0.25) is 9.59 Å². The predicted octanol–water partition coefficient (Wildman–Crippen LogP) is 5.09. The number of fused-ring (bicyclic) bond motifs is 1. The van der Waals surface area contributed by atoms with Crippen LogP contribution in [0, 0.1) is 6.92 Å². The lowest BCUT2D eigenvalue weighted by Gasteiger charge is -2.18. The summed E-state index contributed by atoms with van der Waals surface area (Å²) < 4.78 is 2.32. The Kier molecular flexibility index (Phi) is 6.64. The zero-order chi connectivity index (χ0) is 19.9. The molecule has 0 unspecified atom stereocenters. The van der Waals surface area contributed by atoms with E-state index in [0.29, 0.717) is 17.7 Å². The molecule has 0 saturated carbocycles. The summed E-state index contributed by atoms with van der Waals surface area (Å²) in [5.74, 6) is -0.0863. The average molecular weight is 377 g/mol. The second-order valence-corrected chi connectivity index (χ2v) is 7.42. The van der Waals surface area contributed by atoms with E-state index in [2.05, 4.69) is 42.0 Å². The van der Waals surface area contributed by atoms with E-state index in [-0.39, 0.29) is 5.91 Å². The van der Waals surface area contributed by atoms with Gasteiger partial charge in [-0.15, -0.1) is 0 Å². The minimum Gasteiger partial charge on any atom is -0.347 e. The standard InChI is InChI=1S/C24H28N2O2/c1-19-11-12-23-20(17-19)13-16-26(23)15-8-4-3-7-14-25(2)24(28)22-10-6-5-9-21(22)18-27/h5-6,9-13,16-18H,3-4,7-8,14-15H2,1-2H3. The van der Waals surface area contributed by atoms with Crippen LogP contribution in [0.15, 0.2) is 54.7 Å². The molecule has 1 amide bonds. The Morgan fingerprint density at radius 2 is 1.82 bits per heavy atom. The number of hydrogen-bond acceptors (Lipinski definition) is 2. The molecule has 3 aromatic rings. The van der Waals surface area contributed by atoms with Gasteiger partial charge in [-0.25, -0.2) is 0 Å². The van der Waals surface area contributed by atoms with Crippen LogP contribution in [0.2, 0.25) is 0 Å². The van der Waals surface area contributed by atoms with Gasteiger partial charge >= 0.3 is 0 Å². The van der Waals surface area contributed by atoms with Gasteiger partial charge in [0.25, 0.3) is 5.91 Å². The highest BCUT2D eigenvalue weighted by molar-refractivity contribution is 6.01. The number of unbranched alkanes of at least 4 members (excludes halogenated alkanes) is 3. The van der Waals surface area contributed by atoms with E-state index in [4.69, 9.17) is 0 Å². The van der Waals surface area contributed by atoms with Crippen molar-refractivity contribution in [2.75, 3.05) is 13.6 Å². The van der Waals surface area contributed by atoms with Crippen LogP contribution in [-0.4, -0.2) is 35.3 Å². The molecule has 0 aliphatic carbocycles. The minimum atomic E-state index is -0.0863. The first-order valence-corrected chi connectivity index (χ1v) is 9.95. The van der Waals surface area contributed by atoms with Crippen LogP contribution in [-0.2, 0) is 6.54 Å². The van der Waals surface area contributed by atoms with Crippen molar-refractivity contribution in [1.82, 2.24) is 9.47 Å². The first-order chi connectivity index (χ1) is 13.6. The monoisotopic (exact) mass is 376 g/mol. The van der Waals surface area contributed by atoms with Gasteiger partial charge in [-0.1, -0.05) is 42.7 Å². The molecule has 146 valence electrons. The summed E-state index contributed by atoms with van der Waals surface area (Å²) in [7, 11) is 1.80. The molecule has 4 nitrogen and oxygen atoms in total. The van der Waals surface area contributed by atoms with E-state index in [1.54, 1.807) is 36.2 Å². The molecule has 0 aliphatic heterocycles. The number of amides is 1. The highest BCUT2D eigenvalue weighted by Gasteiger charge is 2.14. The predicted molar refractivity (Wildman–Crippen MR) is 114 cm³/mol. The van der Waals surface area contributed by atoms with E-state index in [1.165, 1.54) is 16.5 Å². The first kappa shape index (κ1) is 19.9. The quantitative estimate of drug-likeness (QED) is 0.385. The lowest BCUT2D eigenvalue weighted by molar-refractivity contribution is 0.0789. The number of aldehydes is 1. The number of hydrogen-bond donors (Lipinski definition) is 0. The van der Waals surface area contributed by atoms with Crippen molar-refractivity contribution in [2.24, 2.45) is 0 Å². The van der Waals surface area contributed by atoms with Crippen LogP contribution < -0.4 is 0 Å².